The molecule has 0 radical (unpaired) electrons. The van der Waals surface area contributed by atoms with Crippen LogP contribution in [-0.4, -0.2) is 5.75 Å². The number of hydrogen-bond donors (Lipinski definition) is 1. The molecule has 1 atom stereocenters. The summed E-state index contributed by atoms with van der Waals surface area (Å²) in [7, 11) is 0. The van der Waals surface area contributed by atoms with E-state index < -0.39 is 0 Å². The fourth-order valence-electron chi connectivity index (χ4n) is 2.54. The van der Waals surface area contributed by atoms with Gasteiger partial charge in [0.25, 0.3) is 0 Å². The van der Waals surface area contributed by atoms with E-state index in [9.17, 15) is 0 Å². The van der Waals surface area contributed by atoms with Crippen LogP contribution in [0.2, 0.25) is 5.02 Å². The Balaban J connectivity index is 1.71. The van der Waals surface area contributed by atoms with E-state index in [0.717, 1.165) is 17.1 Å². The van der Waals surface area contributed by atoms with Crippen molar-refractivity contribution >= 4 is 23.4 Å². The topological polar surface area (TPSA) is 12.0 Å². The molecule has 0 amide bonds. The SMILES string of the molecule is Cc1ccc(CNC2CCSc3ccccc32)cc1Cl. The van der Waals surface area contributed by atoms with Crippen LogP contribution < -0.4 is 5.32 Å². The van der Waals surface area contributed by atoms with Crippen molar-refractivity contribution in [1.82, 2.24) is 5.32 Å². The van der Waals surface area contributed by atoms with Crippen molar-refractivity contribution in [2.75, 3.05) is 5.75 Å². The third-order valence-electron chi connectivity index (χ3n) is 3.75. The molecule has 1 N–H and O–H groups in total. The van der Waals surface area contributed by atoms with Crippen LogP contribution in [0.25, 0.3) is 0 Å². The molecule has 0 fully saturated rings. The van der Waals surface area contributed by atoms with Crippen molar-refractivity contribution in [3.05, 3.63) is 64.2 Å². The van der Waals surface area contributed by atoms with E-state index >= 15 is 0 Å². The molecule has 0 aliphatic carbocycles. The molecule has 0 saturated heterocycles. The number of rotatable bonds is 3. The van der Waals surface area contributed by atoms with Crippen molar-refractivity contribution < 1.29 is 0 Å². The highest BCUT2D eigenvalue weighted by Gasteiger charge is 2.19. The molecule has 0 spiro atoms. The van der Waals surface area contributed by atoms with E-state index in [0.29, 0.717) is 6.04 Å². The molecule has 0 bridgehead atoms. The molecule has 1 aliphatic rings. The Hall–Kier alpha value is -0.960. The third-order valence-corrected chi connectivity index (χ3v) is 5.28. The minimum atomic E-state index is 0.451. The van der Waals surface area contributed by atoms with Gasteiger partial charge in [0.1, 0.15) is 0 Å². The monoisotopic (exact) mass is 303 g/mol. The average molecular weight is 304 g/mol. The van der Waals surface area contributed by atoms with Crippen LogP contribution in [0, 0.1) is 6.92 Å². The van der Waals surface area contributed by atoms with Crippen LogP contribution in [0.1, 0.15) is 29.2 Å². The second-order valence-corrected chi connectivity index (χ2v) is 6.74. The molecule has 1 aliphatic heterocycles. The van der Waals surface area contributed by atoms with Gasteiger partial charge < -0.3 is 5.32 Å². The Morgan fingerprint density at radius 3 is 2.95 bits per heavy atom. The summed E-state index contributed by atoms with van der Waals surface area (Å²) < 4.78 is 0. The standard InChI is InChI=1S/C17H18ClNS/c1-12-6-7-13(10-15(12)18)11-19-16-8-9-20-17-5-3-2-4-14(16)17/h2-7,10,16,19H,8-9,11H2,1H3. The maximum absolute atomic E-state index is 6.19. The van der Waals surface area contributed by atoms with Crippen LogP contribution in [0.5, 0.6) is 0 Å². The Morgan fingerprint density at radius 1 is 1.25 bits per heavy atom. The summed E-state index contributed by atoms with van der Waals surface area (Å²) >= 11 is 8.14. The van der Waals surface area contributed by atoms with Crippen LogP contribution in [0.4, 0.5) is 0 Å². The molecule has 2 aromatic rings. The Labute approximate surface area is 129 Å². The largest absolute Gasteiger partial charge is 0.306 e. The Kier molecular flexibility index (Phi) is 4.35. The van der Waals surface area contributed by atoms with E-state index in [2.05, 4.69) is 47.8 Å². The van der Waals surface area contributed by atoms with E-state index in [1.165, 1.54) is 28.2 Å². The normalized spacial score (nSPS) is 17.8. The molecule has 0 aromatic heterocycles. The summed E-state index contributed by atoms with van der Waals surface area (Å²) in [4.78, 5) is 1.41. The summed E-state index contributed by atoms with van der Waals surface area (Å²) in [5, 5.41) is 4.52. The molecule has 2 aromatic carbocycles. The van der Waals surface area contributed by atoms with Gasteiger partial charge in [-0.25, -0.2) is 0 Å². The lowest BCUT2D eigenvalue weighted by Crippen LogP contribution is -2.24. The smallest absolute Gasteiger partial charge is 0.0438 e. The van der Waals surface area contributed by atoms with Gasteiger partial charge in [-0.2, -0.15) is 0 Å². The maximum Gasteiger partial charge on any atom is 0.0438 e. The van der Waals surface area contributed by atoms with Crippen molar-refractivity contribution in [3.8, 4) is 0 Å². The Morgan fingerprint density at radius 2 is 2.10 bits per heavy atom. The van der Waals surface area contributed by atoms with E-state index in [-0.39, 0.29) is 0 Å². The van der Waals surface area contributed by atoms with Gasteiger partial charge >= 0.3 is 0 Å². The number of fused-ring (bicyclic) bond motifs is 1. The van der Waals surface area contributed by atoms with E-state index in [4.69, 9.17) is 11.6 Å². The second-order valence-electron chi connectivity index (χ2n) is 5.19. The minimum Gasteiger partial charge on any atom is -0.306 e. The van der Waals surface area contributed by atoms with Crippen molar-refractivity contribution in [3.63, 3.8) is 0 Å². The van der Waals surface area contributed by atoms with E-state index in [1.807, 2.05) is 18.7 Å². The highest BCUT2D eigenvalue weighted by Crippen LogP contribution is 2.35. The van der Waals surface area contributed by atoms with Gasteiger partial charge in [-0.3, -0.25) is 0 Å². The first-order chi connectivity index (χ1) is 9.74. The third kappa shape index (κ3) is 3.03. The number of halogens is 1. The second kappa shape index (κ2) is 6.21. The highest BCUT2D eigenvalue weighted by molar-refractivity contribution is 7.99. The number of thioether (sulfide) groups is 1. The van der Waals surface area contributed by atoms with Crippen LogP contribution >= 0.6 is 23.4 Å². The van der Waals surface area contributed by atoms with Gasteiger partial charge in [0.2, 0.25) is 0 Å². The first-order valence-electron chi connectivity index (χ1n) is 6.94. The molecular formula is C17H18ClNS. The minimum absolute atomic E-state index is 0.451. The zero-order valence-corrected chi connectivity index (χ0v) is 13.1. The Bertz CT molecular complexity index is 612. The summed E-state index contributed by atoms with van der Waals surface area (Å²) in [5.41, 5.74) is 3.81. The summed E-state index contributed by atoms with van der Waals surface area (Å²) in [6.07, 6.45) is 1.18. The van der Waals surface area contributed by atoms with Gasteiger partial charge in [-0.15, -0.1) is 11.8 Å². The van der Waals surface area contributed by atoms with Gasteiger partial charge in [-0.1, -0.05) is 41.9 Å². The molecule has 3 rings (SSSR count). The van der Waals surface area contributed by atoms with Gasteiger partial charge in [0, 0.05) is 22.5 Å². The average Bonchev–Trinajstić information content (AvgIpc) is 2.48. The molecule has 20 heavy (non-hydrogen) atoms. The summed E-state index contributed by atoms with van der Waals surface area (Å²) in [6, 6.07) is 15.5. The molecule has 104 valence electrons. The van der Waals surface area contributed by atoms with Gasteiger partial charge in [0.05, 0.1) is 0 Å². The van der Waals surface area contributed by atoms with Crippen LogP contribution in [0.3, 0.4) is 0 Å². The predicted molar refractivity (Wildman–Crippen MR) is 87.6 cm³/mol. The van der Waals surface area contributed by atoms with Gasteiger partial charge in [-0.05, 0) is 47.9 Å². The highest BCUT2D eigenvalue weighted by atomic mass is 35.5. The van der Waals surface area contributed by atoms with Crippen molar-refractivity contribution in [1.29, 1.82) is 0 Å². The molecule has 3 heteroatoms. The predicted octanol–water partition coefficient (Wildman–Crippen LogP) is 4.98. The lowest BCUT2D eigenvalue weighted by atomic mass is 10.0. The fourth-order valence-corrected chi connectivity index (χ4v) is 3.87. The lowest BCUT2D eigenvalue weighted by Gasteiger charge is -2.26. The number of benzene rings is 2. The summed E-state index contributed by atoms with van der Waals surface area (Å²) in [5.74, 6) is 1.18. The zero-order valence-electron chi connectivity index (χ0n) is 11.5. The first kappa shape index (κ1) is 14.0. The van der Waals surface area contributed by atoms with Crippen LogP contribution in [0.15, 0.2) is 47.4 Å². The first-order valence-corrected chi connectivity index (χ1v) is 8.30. The molecular weight excluding hydrogens is 286 g/mol. The van der Waals surface area contributed by atoms with Crippen molar-refractivity contribution in [2.24, 2.45) is 0 Å². The molecule has 1 heterocycles. The van der Waals surface area contributed by atoms with Crippen molar-refractivity contribution in [2.45, 2.75) is 30.8 Å². The molecule has 0 saturated carbocycles. The number of aryl methyl sites for hydroxylation is 1. The van der Waals surface area contributed by atoms with E-state index in [1.54, 1.807) is 0 Å². The number of hydrogen-bond acceptors (Lipinski definition) is 2. The number of nitrogens with one attached hydrogen (secondary N) is 1. The quantitative estimate of drug-likeness (QED) is 0.858. The summed E-state index contributed by atoms with van der Waals surface area (Å²) in [6.45, 7) is 2.90. The maximum atomic E-state index is 6.19. The van der Waals surface area contributed by atoms with Gasteiger partial charge in [0.15, 0.2) is 0 Å². The fraction of sp³-hybridized carbons (Fsp3) is 0.294. The molecule has 1 nitrogen and oxygen atoms in total. The molecule has 1 unspecified atom stereocenters. The van der Waals surface area contributed by atoms with Crippen LogP contribution in [-0.2, 0) is 6.54 Å². The lowest BCUT2D eigenvalue weighted by molar-refractivity contribution is 0.510. The zero-order chi connectivity index (χ0) is 13.9.